The molecule has 0 bridgehead atoms. The fourth-order valence-electron chi connectivity index (χ4n) is 3.63. The molecule has 0 unspecified atom stereocenters. The molecule has 0 amide bonds. The SMILES string of the molecule is Cc1ccccc1N=Cc1c(OC(=O)c2sc3ccccc3c2Cl)ccc2ccccc12. The van der Waals surface area contributed by atoms with Crippen molar-refractivity contribution in [3.05, 3.63) is 106 Å². The number of aliphatic imine (C=N–C) groups is 1. The highest BCUT2D eigenvalue weighted by Gasteiger charge is 2.20. The first-order valence-corrected chi connectivity index (χ1v) is 11.3. The van der Waals surface area contributed by atoms with E-state index in [1.165, 1.54) is 11.3 Å². The molecule has 0 N–H and O–H groups in total. The number of ether oxygens (including phenoxy) is 1. The lowest BCUT2D eigenvalue weighted by Crippen LogP contribution is -2.09. The third-order valence-electron chi connectivity index (χ3n) is 5.30. The van der Waals surface area contributed by atoms with Crippen LogP contribution in [0.2, 0.25) is 5.02 Å². The van der Waals surface area contributed by atoms with Gasteiger partial charge in [-0.25, -0.2) is 4.79 Å². The summed E-state index contributed by atoms with van der Waals surface area (Å²) < 4.78 is 6.81. The van der Waals surface area contributed by atoms with Crippen LogP contribution in [0.1, 0.15) is 20.8 Å². The van der Waals surface area contributed by atoms with Crippen LogP contribution in [0.15, 0.2) is 89.9 Å². The molecule has 0 fully saturated rings. The number of halogens is 1. The van der Waals surface area contributed by atoms with Crippen LogP contribution in [0.3, 0.4) is 0 Å². The maximum Gasteiger partial charge on any atom is 0.355 e. The summed E-state index contributed by atoms with van der Waals surface area (Å²) in [5, 5.41) is 3.27. The molecular formula is C27H18ClNO2S. The molecule has 5 heteroatoms. The molecule has 0 radical (unpaired) electrons. The molecule has 0 aliphatic rings. The van der Waals surface area contributed by atoms with E-state index in [9.17, 15) is 4.79 Å². The van der Waals surface area contributed by atoms with E-state index in [1.54, 1.807) is 12.3 Å². The molecule has 0 spiro atoms. The van der Waals surface area contributed by atoms with Crippen LogP contribution in [-0.4, -0.2) is 12.2 Å². The average molecular weight is 456 g/mol. The summed E-state index contributed by atoms with van der Waals surface area (Å²) >= 11 is 7.83. The maximum absolute atomic E-state index is 13.1. The number of aryl methyl sites for hydroxylation is 1. The van der Waals surface area contributed by atoms with E-state index in [4.69, 9.17) is 16.3 Å². The predicted octanol–water partition coefficient (Wildman–Crippen LogP) is 7.99. The van der Waals surface area contributed by atoms with Crippen LogP contribution in [0, 0.1) is 6.92 Å². The first kappa shape index (κ1) is 20.4. The number of benzene rings is 4. The minimum absolute atomic E-state index is 0.391. The Morgan fingerprint density at radius 3 is 2.44 bits per heavy atom. The minimum Gasteiger partial charge on any atom is -0.422 e. The Bertz CT molecular complexity index is 1500. The smallest absolute Gasteiger partial charge is 0.355 e. The second-order valence-electron chi connectivity index (χ2n) is 7.37. The van der Waals surface area contributed by atoms with Crippen LogP contribution in [0.25, 0.3) is 20.9 Å². The van der Waals surface area contributed by atoms with Gasteiger partial charge in [-0.2, -0.15) is 0 Å². The lowest BCUT2D eigenvalue weighted by molar-refractivity contribution is 0.0740. The van der Waals surface area contributed by atoms with E-state index < -0.39 is 5.97 Å². The van der Waals surface area contributed by atoms with Gasteiger partial charge in [0.05, 0.1) is 10.7 Å². The molecule has 32 heavy (non-hydrogen) atoms. The monoisotopic (exact) mass is 455 g/mol. The number of thiophene rings is 1. The largest absolute Gasteiger partial charge is 0.422 e. The van der Waals surface area contributed by atoms with E-state index in [1.807, 2.05) is 85.8 Å². The van der Waals surface area contributed by atoms with Crippen molar-refractivity contribution in [2.24, 2.45) is 4.99 Å². The van der Waals surface area contributed by atoms with Crippen molar-refractivity contribution in [1.29, 1.82) is 0 Å². The van der Waals surface area contributed by atoms with E-state index in [0.717, 1.165) is 37.7 Å². The highest BCUT2D eigenvalue weighted by Crippen LogP contribution is 2.36. The molecule has 0 aliphatic carbocycles. The van der Waals surface area contributed by atoms with Crippen molar-refractivity contribution in [3.63, 3.8) is 0 Å². The zero-order valence-electron chi connectivity index (χ0n) is 17.2. The summed E-state index contributed by atoms with van der Waals surface area (Å²) in [4.78, 5) is 18.2. The topological polar surface area (TPSA) is 38.7 Å². The maximum atomic E-state index is 13.1. The van der Waals surface area contributed by atoms with Gasteiger partial charge in [-0.15, -0.1) is 11.3 Å². The van der Waals surface area contributed by atoms with Gasteiger partial charge in [0.25, 0.3) is 0 Å². The van der Waals surface area contributed by atoms with E-state index in [2.05, 4.69) is 4.99 Å². The highest BCUT2D eigenvalue weighted by atomic mass is 35.5. The molecule has 4 aromatic carbocycles. The van der Waals surface area contributed by atoms with Gasteiger partial charge in [0.2, 0.25) is 0 Å². The van der Waals surface area contributed by atoms with Crippen molar-refractivity contribution in [1.82, 2.24) is 0 Å². The van der Waals surface area contributed by atoms with Crippen molar-refractivity contribution in [2.75, 3.05) is 0 Å². The Kier molecular flexibility index (Phi) is 5.48. The molecule has 0 saturated heterocycles. The second kappa shape index (κ2) is 8.58. The number of nitrogens with zero attached hydrogens (tertiary/aromatic N) is 1. The van der Waals surface area contributed by atoms with E-state index in [0.29, 0.717) is 15.6 Å². The number of carbonyl (C=O) groups excluding carboxylic acids is 1. The number of hydrogen-bond donors (Lipinski definition) is 0. The summed E-state index contributed by atoms with van der Waals surface area (Å²) in [6, 6.07) is 27.3. The number of esters is 1. The summed E-state index contributed by atoms with van der Waals surface area (Å²) in [6.45, 7) is 2.01. The van der Waals surface area contributed by atoms with Gasteiger partial charge in [-0.05, 0) is 41.5 Å². The van der Waals surface area contributed by atoms with Gasteiger partial charge in [-0.1, -0.05) is 78.3 Å². The number of rotatable bonds is 4. The van der Waals surface area contributed by atoms with Crippen molar-refractivity contribution >= 4 is 61.7 Å². The Morgan fingerprint density at radius 1 is 0.906 bits per heavy atom. The Hall–Kier alpha value is -3.47. The van der Waals surface area contributed by atoms with Crippen LogP contribution >= 0.6 is 22.9 Å². The Labute approximate surface area is 194 Å². The zero-order valence-corrected chi connectivity index (χ0v) is 18.8. The number of para-hydroxylation sites is 1. The summed E-state index contributed by atoms with van der Waals surface area (Å²) in [7, 11) is 0. The average Bonchev–Trinajstić information content (AvgIpc) is 3.16. The predicted molar refractivity (Wildman–Crippen MR) is 134 cm³/mol. The molecule has 0 atom stereocenters. The lowest BCUT2D eigenvalue weighted by atomic mass is 10.0. The van der Waals surface area contributed by atoms with Crippen LogP contribution < -0.4 is 4.74 Å². The van der Waals surface area contributed by atoms with Crippen LogP contribution in [0.5, 0.6) is 5.75 Å². The van der Waals surface area contributed by atoms with Gasteiger partial charge in [0.15, 0.2) is 0 Å². The van der Waals surface area contributed by atoms with Gasteiger partial charge in [0, 0.05) is 21.9 Å². The third kappa shape index (κ3) is 3.79. The molecule has 5 aromatic rings. The molecule has 1 aromatic heterocycles. The van der Waals surface area contributed by atoms with Crippen LogP contribution in [-0.2, 0) is 0 Å². The van der Waals surface area contributed by atoms with E-state index in [-0.39, 0.29) is 0 Å². The Morgan fingerprint density at radius 2 is 1.62 bits per heavy atom. The van der Waals surface area contributed by atoms with Crippen molar-refractivity contribution in [3.8, 4) is 5.75 Å². The van der Waals surface area contributed by atoms with Gasteiger partial charge < -0.3 is 4.74 Å². The fourth-order valence-corrected chi connectivity index (χ4v) is 5.02. The van der Waals surface area contributed by atoms with Crippen molar-refractivity contribution < 1.29 is 9.53 Å². The molecule has 1 heterocycles. The number of carbonyl (C=O) groups is 1. The lowest BCUT2D eigenvalue weighted by Gasteiger charge is -2.10. The molecule has 3 nitrogen and oxygen atoms in total. The van der Waals surface area contributed by atoms with E-state index >= 15 is 0 Å². The summed E-state index contributed by atoms with van der Waals surface area (Å²) in [6.07, 6.45) is 1.76. The quantitative estimate of drug-likeness (QED) is 0.156. The first-order chi connectivity index (χ1) is 15.6. The summed E-state index contributed by atoms with van der Waals surface area (Å²) in [5.41, 5.74) is 2.68. The molecular weight excluding hydrogens is 438 g/mol. The zero-order chi connectivity index (χ0) is 22.1. The first-order valence-electron chi connectivity index (χ1n) is 10.1. The van der Waals surface area contributed by atoms with Crippen LogP contribution in [0.4, 0.5) is 5.69 Å². The minimum atomic E-state index is -0.475. The summed E-state index contributed by atoms with van der Waals surface area (Å²) in [5.74, 6) is -0.0309. The van der Waals surface area contributed by atoms with Gasteiger partial charge in [0.1, 0.15) is 10.6 Å². The number of hydrogen-bond acceptors (Lipinski definition) is 4. The molecule has 156 valence electrons. The number of fused-ring (bicyclic) bond motifs is 2. The second-order valence-corrected chi connectivity index (χ2v) is 8.80. The molecule has 5 rings (SSSR count). The third-order valence-corrected chi connectivity index (χ3v) is 6.96. The highest BCUT2D eigenvalue weighted by molar-refractivity contribution is 7.21. The molecule has 0 aliphatic heterocycles. The van der Waals surface area contributed by atoms with Gasteiger partial charge >= 0.3 is 5.97 Å². The normalized spacial score (nSPS) is 11.4. The Balaban J connectivity index is 1.57. The van der Waals surface area contributed by atoms with Crippen molar-refractivity contribution in [2.45, 2.75) is 6.92 Å². The molecule has 0 saturated carbocycles. The van der Waals surface area contributed by atoms with Gasteiger partial charge in [-0.3, -0.25) is 4.99 Å². The standard InChI is InChI=1S/C27H18ClNO2S/c1-17-8-2-6-12-22(17)29-16-21-19-10-4-3-9-18(19)14-15-23(21)31-27(30)26-25(28)20-11-5-7-13-24(20)32-26/h2-16H,1H3. The fraction of sp³-hybridized carbons (Fsp3) is 0.0370.